The first-order chi connectivity index (χ1) is 12.7. The van der Waals surface area contributed by atoms with Gasteiger partial charge in [-0.3, -0.25) is 4.79 Å². The van der Waals surface area contributed by atoms with Gasteiger partial charge in [0.15, 0.2) is 0 Å². The largest absolute Gasteiger partial charge is 0.486 e. The highest BCUT2D eigenvalue weighted by Crippen LogP contribution is 2.32. The first-order valence-corrected chi connectivity index (χ1v) is 8.48. The molecule has 1 unspecified atom stereocenters. The summed E-state index contributed by atoms with van der Waals surface area (Å²) in [5.74, 6) is 0.182. The Morgan fingerprint density at radius 3 is 2.22 bits per heavy atom. The van der Waals surface area contributed by atoms with Crippen molar-refractivity contribution in [1.29, 1.82) is 0 Å². The number of halogens is 3. The summed E-state index contributed by atoms with van der Waals surface area (Å²) >= 11 is 0. The fourth-order valence-electron chi connectivity index (χ4n) is 2.59. The van der Waals surface area contributed by atoms with Crippen LogP contribution >= 0.6 is 0 Å². The second kappa shape index (κ2) is 8.75. The van der Waals surface area contributed by atoms with Crippen molar-refractivity contribution in [1.82, 2.24) is 4.90 Å². The van der Waals surface area contributed by atoms with Crippen LogP contribution in [0.1, 0.15) is 30.6 Å². The van der Waals surface area contributed by atoms with Crippen molar-refractivity contribution < 1.29 is 22.7 Å². The second-order valence-electron chi connectivity index (χ2n) is 6.34. The monoisotopic (exact) mass is 377 g/mol. The number of nitrogens with zero attached hydrogens (tertiary/aromatic N) is 1. The number of carbonyl (C=O) groups is 1. The first kappa shape index (κ1) is 20.6. The molecule has 0 N–H and O–H groups in total. The zero-order valence-corrected chi connectivity index (χ0v) is 15.3. The van der Waals surface area contributed by atoms with Crippen LogP contribution in [0.25, 0.3) is 0 Å². The first-order valence-electron chi connectivity index (χ1n) is 8.48. The molecule has 6 heteroatoms. The molecule has 0 aromatic heterocycles. The van der Waals surface area contributed by atoms with Crippen molar-refractivity contribution in [3.05, 3.63) is 77.9 Å². The van der Waals surface area contributed by atoms with Crippen molar-refractivity contribution in [2.45, 2.75) is 25.6 Å². The number of amides is 1. The zero-order chi connectivity index (χ0) is 20.0. The summed E-state index contributed by atoms with van der Waals surface area (Å²) in [5, 5.41) is 0. The van der Waals surface area contributed by atoms with Crippen LogP contribution in [0.5, 0.6) is 5.75 Å². The zero-order valence-electron chi connectivity index (χ0n) is 15.3. The van der Waals surface area contributed by atoms with Gasteiger partial charge in [-0.15, -0.1) is 0 Å². The van der Waals surface area contributed by atoms with Gasteiger partial charge in [-0.25, -0.2) is 0 Å². The van der Waals surface area contributed by atoms with E-state index in [1.54, 1.807) is 18.9 Å². The minimum atomic E-state index is -4.39. The Hall–Kier alpha value is -2.76. The molecular weight excluding hydrogens is 355 g/mol. The Bertz CT molecular complexity index is 770. The second-order valence-corrected chi connectivity index (χ2v) is 6.34. The van der Waals surface area contributed by atoms with Crippen LogP contribution in [0.4, 0.5) is 13.2 Å². The number of alkyl halides is 3. The average Bonchev–Trinajstić information content (AvgIpc) is 2.64. The summed E-state index contributed by atoms with van der Waals surface area (Å²) in [5.41, 5.74) is 0.601. The van der Waals surface area contributed by atoms with Gasteiger partial charge in [0.1, 0.15) is 11.9 Å². The Balaban J connectivity index is 2.14. The molecule has 3 nitrogen and oxygen atoms in total. The normalized spacial score (nSPS) is 12.3. The maximum absolute atomic E-state index is 12.7. The maximum Gasteiger partial charge on any atom is 0.416 e. The van der Waals surface area contributed by atoms with E-state index < -0.39 is 17.8 Å². The van der Waals surface area contributed by atoms with E-state index >= 15 is 0 Å². The summed E-state index contributed by atoms with van der Waals surface area (Å²) in [6.07, 6.45) is -4.30. The number of likely N-dealkylation sites (N-methyl/N-ethyl adjacent to an activating group) is 1. The van der Waals surface area contributed by atoms with Gasteiger partial charge < -0.3 is 9.64 Å². The summed E-state index contributed by atoms with van der Waals surface area (Å²) in [4.78, 5) is 13.5. The van der Waals surface area contributed by atoms with Gasteiger partial charge >= 0.3 is 6.18 Å². The summed E-state index contributed by atoms with van der Waals surface area (Å²) in [7, 11) is 1.68. The highest BCUT2D eigenvalue weighted by atomic mass is 19.4. The molecule has 0 saturated carbocycles. The lowest BCUT2D eigenvalue weighted by atomic mass is 10.1. The number of ether oxygens (including phenoxy) is 1. The van der Waals surface area contributed by atoms with E-state index in [1.807, 2.05) is 30.3 Å². The Morgan fingerprint density at radius 1 is 1.11 bits per heavy atom. The Kier molecular flexibility index (Phi) is 6.66. The topological polar surface area (TPSA) is 29.5 Å². The van der Waals surface area contributed by atoms with Crippen molar-refractivity contribution in [3.8, 4) is 5.75 Å². The van der Waals surface area contributed by atoms with E-state index in [-0.39, 0.29) is 5.91 Å². The molecule has 0 aliphatic heterocycles. The number of carbonyl (C=O) groups excluding carboxylic acids is 1. The lowest BCUT2D eigenvalue weighted by molar-refractivity contribution is -0.137. The van der Waals surface area contributed by atoms with E-state index in [9.17, 15) is 18.0 Å². The Labute approximate surface area is 157 Å². The third-order valence-corrected chi connectivity index (χ3v) is 4.07. The van der Waals surface area contributed by atoms with Gasteiger partial charge in [-0.05, 0) is 36.8 Å². The van der Waals surface area contributed by atoms with E-state index in [0.29, 0.717) is 24.3 Å². The standard InChI is InChI=1S/C21H22F3NO2/c1-15(2)20(26)25(3)14-13-19(16-7-5-4-6-8-16)27-18-11-9-17(10-12-18)21(22,23)24/h4-12,19H,1,13-14H2,2-3H3. The predicted octanol–water partition coefficient (Wildman–Crippen LogP) is 5.25. The van der Waals surface area contributed by atoms with Gasteiger partial charge in [0, 0.05) is 25.6 Å². The summed E-state index contributed by atoms with van der Waals surface area (Å²) in [6, 6.07) is 14.0. The van der Waals surface area contributed by atoms with Gasteiger partial charge in [-0.2, -0.15) is 13.2 Å². The van der Waals surface area contributed by atoms with Gasteiger partial charge in [-0.1, -0.05) is 36.9 Å². The fraction of sp³-hybridized carbons (Fsp3) is 0.286. The average molecular weight is 377 g/mol. The van der Waals surface area contributed by atoms with Crippen molar-refractivity contribution >= 4 is 5.91 Å². The highest BCUT2D eigenvalue weighted by molar-refractivity contribution is 5.91. The Morgan fingerprint density at radius 2 is 1.70 bits per heavy atom. The van der Waals surface area contributed by atoms with Crippen LogP contribution in [0.3, 0.4) is 0 Å². The smallest absolute Gasteiger partial charge is 0.416 e. The van der Waals surface area contributed by atoms with Gasteiger partial charge in [0.25, 0.3) is 0 Å². The third kappa shape index (κ3) is 5.88. The molecule has 0 bridgehead atoms. The fourth-order valence-corrected chi connectivity index (χ4v) is 2.59. The molecule has 0 saturated heterocycles. The number of hydrogen-bond acceptors (Lipinski definition) is 2. The molecule has 144 valence electrons. The summed E-state index contributed by atoms with van der Waals surface area (Å²) in [6.45, 7) is 5.71. The van der Waals surface area contributed by atoms with Crippen LogP contribution < -0.4 is 4.74 Å². The molecule has 0 heterocycles. The minimum absolute atomic E-state index is 0.156. The number of hydrogen-bond donors (Lipinski definition) is 0. The minimum Gasteiger partial charge on any atom is -0.486 e. The quantitative estimate of drug-likeness (QED) is 0.617. The molecule has 27 heavy (non-hydrogen) atoms. The number of rotatable bonds is 7. The van der Waals surface area contributed by atoms with Crippen LogP contribution in [0, 0.1) is 0 Å². The molecule has 2 aromatic rings. The third-order valence-electron chi connectivity index (χ3n) is 4.07. The predicted molar refractivity (Wildman–Crippen MR) is 98.3 cm³/mol. The van der Waals surface area contributed by atoms with Crippen LogP contribution in [-0.4, -0.2) is 24.4 Å². The molecule has 0 aliphatic carbocycles. The van der Waals surface area contributed by atoms with E-state index in [0.717, 1.165) is 17.7 Å². The van der Waals surface area contributed by atoms with E-state index in [2.05, 4.69) is 6.58 Å². The lowest BCUT2D eigenvalue weighted by Crippen LogP contribution is -2.29. The van der Waals surface area contributed by atoms with Crippen LogP contribution in [0.2, 0.25) is 0 Å². The van der Waals surface area contributed by atoms with E-state index in [4.69, 9.17) is 4.74 Å². The molecule has 1 atom stereocenters. The molecule has 0 fully saturated rings. The number of benzene rings is 2. The molecule has 0 radical (unpaired) electrons. The summed E-state index contributed by atoms with van der Waals surface area (Å²) < 4.78 is 44.1. The van der Waals surface area contributed by atoms with Crippen molar-refractivity contribution in [3.63, 3.8) is 0 Å². The van der Waals surface area contributed by atoms with Gasteiger partial charge in [0.05, 0.1) is 5.56 Å². The van der Waals surface area contributed by atoms with Gasteiger partial charge in [0.2, 0.25) is 5.91 Å². The van der Waals surface area contributed by atoms with Crippen molar-refractivity contribution in [2.24, 2.45) is 0 Å². The highest BCUT2D eigenvalue weighted by Gasteiger charge is 2.30. The molecule has 0 aliphatic rings. The van der Waals surface area contributed by atoms with Crippen LogP contribution in [-0.2, 0) is 11.0 Å². The molecule has 2 aromatic carbocycles. The van der Waals surface area contributed by atoms with Crippen molar-refractivity contribution in [2.75, 3.05) is 13.6 Å². The maximum atomic E-state index is 12.7. The molecule has 2 rings (SSSR count). The molecular formula is C21H22F3NO2. The molecule has 1 amide bonds. The van der Waals surface area contributed by atoms with E-state index in [1.165, 1.54) is 12.1 Å². The van der Waals surface area contributed by atoms with Crippen LogP contribution in [0.15, 0.2) is 66.7 Å². The molecule has 0 spiro atoms. The lowest BCUT2D eigenvalue weighted by Gasteiger charge is -2.23. The SMILES string of the molecule is C=C(C)C(=O)N(C)CCC(Oc1ccc(C(F)(F)F)cc1)c1ccccc1.